The van der Waals surface area contributed by atoms with E-state index in [2.05, 4.69) is 18.7 Å². The smallest absolute Gasteiger partial charge is 0.756 e. The Morgan fingerprint density at radius 2 is 1.64 bits per heavy atom. The molecular weight excluding hydrogens is 642 g/mol. The minimum atomic E-state index is -5.94. The van der Waals surface area contributed by atoms with Crippen LogP contribution in [-0.4, -0.2) is 109 Å². The molecule has 3 rings (SSSR count). The van der Waals surface area contributed by atoms with Crippen molar-refractivity contribution in [1.82, 2.24) is 14.9 Å². The zero-order valence-electron chi connectivity index (χ0n) is 22.2. The molecule has 0 bridgehead atoms. The third-order valence-corrected chi connectivity index (χ3v) is 8.07. The zero-order chi connectivity index (χ0) is 29.3. The summed E-state index contributed by atoms with van der Waals surface area (Å²) in [5.41, 5.74) is -1.79. The minimum absolute atomic E-state index is 0. The van der Waals surface area contributed by atoms with Gasteiger partial charge in [-0.05, 0) is 0 Å². The molecule has 9 N–H and O–H groups in total. The number of aromatic amines is 1. The molecule has 42 heavy (non-hydrogen) atoms. The van der Waals surface area contributed by atoms with Crippen molar-refractivity contribution in [2.24, 2.45) is 0 Å². The van der Waals surface area contributed by atoms with E-state index < -0.39 is 101 Å². The van der Waals surface area contributed by atoms with Gasteiger partial charge in [-0.2, -0.15) is 0 Å². The van der Waals surface area contributed by atoms with E-state index in [1.807, 2.05) is 4.98 Å². The molecular formula is C17H27N3Na2O18P2. The molecule has 11 atom stereocenters. The number of carbonyl (C=O) groups is 1. The predicted octanol–water partition coefficient (Wildman–Crippen LogP) is -12.7. The second kappa shape index (κ2) is 17.1. The molecule has 1 aromatic rings. The molecule has 0 spiro atoms. The number of carbonyl (C=O) groups excluding carboxylic acids is 1. The van der Waals surface area contributed by atoms with Crippen molar-refractivity contribution in [3.8, 4) is 0 Å². The number of phosphoric acid groups is 2. The van der Waals surface area contributed by atoms with Crippen molar-refractivity contribution in [1.29, 1.82) is 0 Å². The molecule has 0 saturated carbocycles. The standard InChI is InChI=1S/C17H27N3O17P2.2Na.H2O/c1-6(22)18-10-13(26)11(24)7(4-21)35-16(10)36-39(31,32)37-38(29,30)33-5-8-12(25)14(27)15(34-8)20-3-2-9(23)19-17(20)28;;;/h2-3,7-8,10-16,21,24-27H,4-5H2,1H3,(H,18,22)(H,29,30)(H,31,32)(H,19,23,28);;;1H2/q;2*+1;/p-2/t7-,8-,10-,11-,12-,13-,14-,15-,16-;;;/m1.../s1. The molecule has 2 fully saturated rings. The summed E-state index contributed by atoms with van der Waals surface area (Å²) in [7, 11) is -11.8. The Bertz CT molecular complexity index is 1250. The van der Waals surface area contributed by atoms with E-state index in [4.69, 9.17) is 9.47 Å². The van der Waals surface area contributed by atoms with Gasteiger partial charge in [-0.15, -0.1) is 0 Å². The molecule has 0 aliphatic carbocycles. The number of aromatic nitrogens is 2. The van der Waals surface area contributed by atoms with Gasteiger partial charge in [0.25, 0.3) is 21.2 Å². The van der Waals surface area contributed by atoms with E-state index in [0.29, 0.717) is 4.57 Å². The quantitative estimate of drug-likeness (QED) is 0.0898. The second-order valence-corrected chi connectivity index (χ2v) is 11.3. The third kappa shape index (κ3) is 10.6. The van der Waals surface area contributed by atoms with E-state index in [1.165, 1.54) is 0 Å². The number of nitrogens with one attached hydrogen (secondary N) is 2. The van der Waals surface area contributed by atoms with Gasteiger partial charge in [0.2, 0.25) is 5.91 Å². The molecule has 1 aromatic heterocycles. The summed E-state index contributed by atoms with van der Waals surface area (Å²) in [4.78, 5) is 60.9. The van der Waals surface area contributed by atoms with E-state index >= 15 is 0 Å². The SMILES string of the molecule is CC(=O)N[C@H]1[C@@H](OP(=O)([O-])OP(=O)([O-])OC[C@H]2O[C@@H](n3ccc(=O)[nH]c3=O)[C@H](O)[C@@H]2O)O[C@H](CO)[C@@H](O)[C@@H]1O.O.[Na+].[Na+]. The normalized spacial score (nSPS) is 33.6. The summed E-state index contributed by atoms with van der Waals surface area (Å²) in [6, 6.07) is -0.844. The van der Waals surface area contributed by atoms with Gasteiger partial charge in [0.1, 0.15) is 42.7 Å². The number of aliphatic hydroxyl groups excluding tert-OH is 5. The van der Waals surface area contributed by atoms with Crippen molar-refractivity contribution >= 4 is 21.6 Å². The third-order valence-electron chi connectivity index (χ3n) is 5.54. The molecule has 230 valence electrons. The molecule has 3 heterocycles. The van der Waals surface area contributed by atoms with Crippen LogP contribution in [0.1, 0.15) is 13.2 Å². The Morgan fingerprint density at radius 3 is 2.19 bits per heavy atom. The summed E-state index contributed by atoms with van der Waals surface area (Å²) in [6.45, 7) is -1.09. The van der Waals surface area contributed by atoms with Gasteiger partial charge in [-0.1, -0.05) is 0 Å². The maximum atomic E-state index is 12.3. The van der Waals surface area contributed by atoms with Crippen LogP contribution in [-0.2, 0) is 36.8 Å². The molecule has 25 heteroatoms. The largest absolute Gasteiger partial charge is 1.00 e. The maximum Gasteiger partial charge on any atom is 1.00 e. The Hall–Kier alpha value is 0.0900. The van der Waals surface area contributed by atoms with E-state index in [-0.39, 0.29) is 64.6 Å². The molecule has 0 radical (unpaired) electrons. The number of hydrogen-bond acceptors (Lipinski definition) is 17. The first-order valence-corrected chi connectivity index (χ1v) is 13.9. The summed E-state index contributed by atoms with van der Waals surface area (Å²) in [6.07, 6.45) is -13.4. The van der Waals surface area contributed by atoms with Gasteiger partial charge in [0.05, 0.1) is 13.2 Å². The van der Waals surface area contributed by atoms with Crippen molar-refractivity contribution in [2.75, 3.05) is 13.2 Å². The van der Waals surface area contributed by atoms with Gasteiger partial charge in [-0.3, -0.25) is 32.8 Å². The number of H-pyrrole nitrogens is 1. The first-order valence-electron chi connectivity index (χ1n) is 10.9. The summed E-state index contributed by atoms with van der Waals surface area (Å²) in [5.74, 6) is -0.829. The fourth-order valence-corrected chi connectivity index (χ4v) is 5.83. The zero-order valence-corrected chi connectivity index (χ0v) is 28.0. The number of amides is 1. The van der Waals surface area contributed by atoms with Crippen molar-refractivity contribution in [3.05, 3.63) is 33.1 Å². The average Bonchev–Trinajstić information content (AvgIpc) is 3.10. The predicted molar refractivity (Wildman–Crippen MR) is 120 cm³/mol. The molecule has 2 aliphatic heterocycles. The summed E-state index contributed by atoms with van der Waals surface area (Å²) >= 11 is 0. The fraction of sp³-hybridized carbons (Fsp3) is 0.706. The van der Waals surface area contributed by atoms with E-state index in [0.717, 1.165) is 19.2 Å². The van der Waals surface area contributed by atoms with Crippen molar-refractivity contribution in [2.45, 2.75) is 62.1 Å². The molecule has 1 amide bonds. The van der Waals surface area contributed by atoms with Crippen LogP contribution in [0.25, 0.3) is 0 Å². The van der Waals surface area contributed by atoms with Crippen LogP contribution in [0.2, 0.25) is 0 Å². The number of hydrogen-bond donors (Lipinski definition) is 7. The minimum Gasteiger partial charge on any atom is -0.756 e. The first kappa shape index (κ1) is 42.1. The fourth-order valence-electron chi connectivity index (χ4n) is 3.74. The van der Waals surface area contributed by atoms with Crippen LogP contribution in [0.15, 0.2) is 21.9 Å². The van der Waals surface area contributed by atoms with Crippen LogP contribution in [0, 0.1) is 0 Å². The molecule has 0 aromatic carbocycles. The molecule has 21 nitrogen and oxygen atoms in total. The van der Waals surface area contributed by atoms with Crippen LogP contribution in [0.4, 0.5) is 0 Å². The van der Waals surface area contributed by atoms with E-state index in [1.54, 1.807) is 0 Å². The maximum absolute atomic E-state index is 12.3. The van der Waals surface area contributed by atoms with Crippen molar-refractivity contribution in [3.63, 3.8) is 0 Å². The van der Waals surface area contributed by atoms with Gasteiger partial charge in [0.15, 0.2) is 12.5 Å². The molecule has 2 aliphatic rings. The monoisotopic (exact) mass is 669 g/mol. The van der Waals surface area contributed by atoms with Gasteiger partial charge in [0, 0.05) is 19.2 Å². The van der Waals surface area contributed by atoms with Crippen LogP contribution < -0.4 is 85.5 Å². The number of nitrogens with zero attached hydrogens (tertiary/aromatic N) is 1. The average molecular weight is 669 g/mol. The summed E-state index contributed by atoms with van der Waals surface area (Å²) in [5, 5.41) is 51.7. The second-order valence-electron chi connectivity index (χ2n) is 8.37. The Balaban J connectivity index is 0.00000560. The van der Waals surface area contributed by atoms with E-state index in [9.17, 15) is 58.8 Å². The summed E-state index contributed by atoms with van der Waals surface area (Å²) < 4.78 is 48.2. The van der Waals surface area contributed by atoms with Gasteiger partial charge >= 0.3 is 64.8 Å². The molecule has 2 unspecified atom stereocenters. The number of phosphoric ester groups is 2. The van der Waals surface area contributed by atoms with Crippen LogP contribution in [0.3, 0.4) is 0 Å². The van der Waals surface area contributed by atoms with Gasteiger partial charge < -0.3 is 60.1 Å². The van der Waals surface area contributed by atoms with Crippen molar-refractivity contribution < 1.29 is 137 Å². The Labute approximate surface area is 279 Å². The topological polar surface area (TPSA) is 343 Å². The van der Waals surface area contributed by atoms with Crippen LogP contribution >= 0.6 is 15.6 Å². The number of aliphatic hydroxyl groups is 5. The first-order chi connectivity index (χ1) is 18.0. The van der Waals surface area contributed by atoms with Gasteiger partial charge in [-0.25, -0.2) is 9.11 Å². The number of ether oxygens (including phenoxy) is 2. The van der Waals surface area contributed by atoms with Crippen LogP contribution in [0.5, 0.6) is 0 Å². The Kier molecular flexibility index (Phi) is 17.2. The Morgan fingerprint density at radius 1 is 1.05 bits per heavy atom. The number of rotatable bonds is 10. The molecule has 2 saturated heterocycles.